The van der Waals surface area contributed by atoms with E-state index in [4.69, 9.17) is 4.99 Å². The van der Waals surface area contributed by atoms with Crippen molar-refractivity contribution in [3.8, 4) is 0 Å². The highest BCUT2D eigenvalue weighted by Crippen LogP contribution is 2.46. The molecule has 0 radical (unpaired) electrons. The van der Waals surface area contributed by atoms with E-state index in [9.17, 15) is 0 Å². The maximum atomic E-state index is 4.70. The molecule has 0 atom stereocenters. The molecule has 0 aliphatic carbocycles. The molecule has 2 aromatic carbocycles. The van der Waals surface area contributed by atoms with Gasteiger partial charge in [-0.15, -0.1) is 0 Å². The van der Waals surface area contributed by atoms with E-state index >= 15 is 0 Å². The minimum atomic E-state index is -0.0277. The predicted molar refractivity (Wildman–Crippen MR) is 106 cm³/mol. The van der Waals surface area contributed by atoms with Crippen molar-refractivity contribution in [2.45, 2.75) is 19.3 Å². The van der Waals surface area contributed by atoms with Crippen LogP contribution in [0.4, 0.5) is 11.4 Å². The quantitative estimate of drug-likeness (QED) is 0.602. The lowest BCUT2D eigenvalue weighted by atomic mass is 9.84. The number of fused-ring (bicyclic) bond motifs is 2. The number of hydrogen-bond acceptors (Lipinski definition) is 3. The number of pyridine rings is 1. The Labute approximate surface area is 148 Å². The van der Waals surface area contributed by atoms with E-state index < -0.39 is 0 Å². The topological polar surface area (TPSA) is 28.5 Å². The highest BCUT2D eigenvalue weighted by molar-refractivity contribution is 5.94. The van der Waals surface area contributed by atoms with Crippen LogP contribution in [0.2, 0.25) is 0 Å². The molecule has 0 saturated carbocycles. The van der Waals surface area contributed by atoms with Gasteiger partial charge in [-0.05, 0) is 29.8 Å². The number of nitrogens with zero attached hydrogens (tertiary/aromatic N) is 3. The molecular formula is C22H21N3. The van der Waals surface area contributed by atoms with Gasteiger partial charge in [0.05, 0.1) is 5.69 Å². The van der Waals surface area contributed by atoms with Crippen LogP contribution in [-0.2, 0) is 5.41 Å². The Balaban J connectivity index is 1.71. The van der Waals surface area contributed by atoms with E-state index in [2.05, 4.69) is 67.2 Å². The molecule has 3 heteroatoms. The van der Waals surface area contributed by atoms with E-state index in [1.165, 1.54) is 16.9 Å². The number of likely N-dealkylation sites (N-methyl/N-ethyl adjacent to an activating group) is 1. The number of aromatic nitrogens is 1. The zero-order valence-electron chi connectivity index (χ0n) is 14.8. The molecule has 0 bridgehead atoms. The molecule has 0 amide bonds. The third kappa shape index (κ3) is 2.52. The Morgan fingerprint density at radius 2 is 1.88 bits per heavy atom. The van der Waals surface area contributed by atoms with Crippen molar-refractivity contribution in [3.63, 3.8) is 0 Å². The molecule has 3 nitrogen and oxygen atoms in total. The van der Waals surface area contributed by atoms with Gasteiger partial charge < -0.3 is 4.90 Å². The summed E-state index contributed by atoms with van der Waals surface area (Å²) in [5, 5.41) is 2.23. The minimum Gasteiger partial charge on any atom is -0.347 e. The van der Waals surface area contributed by atoms with Crippen LogP contribution < -0.4 is 4.90 Å². The van der Waals surface area contributed by atoms with Gasteiger partial charge in [0.25, 0.3) is 0 Å². The molecular weight excluding hydrogens is 306 g/mol. The first-order valence-electron chi connectivity index (χ1n) is 8.50. The van der Waals surface area contributed by atoms with Gasteiger partial charge >= 0.3 is 0 Å². The van der Waals surface area contributed by atoms with Crippen LogP contribution in [0, 0.1) is 0 Å². The van der Waals surface area contributed by atoms with Crippen LogP contribution in [0.25, 0.3) is 10.8 Å². The van der Waals surface area contributed by atoms with Crippen LogP contribution >= 0.6 is 0 Å². The summed E-state index contributed by atoms with van der Waals surface area (Å²) in [4.78, 5) is 11.1. The smallest absolute Gasteiger partial charge is 0.0709 e. The van der Waals surface area contributed by atoms with E-state index in [-0.39, 0.29) is 5.41 Å². The van der Waals surface area contributed by atoms with Gasteiger partial charge in [-0.1, -0.05) is 44.2 Å². The number of aliphatic imine (C=N–C) groups is 1. The van der Waals surface area contributed by atoms with Crippen LogP contribution in [0.1, 0.15) is 19.4 Å². The first kappa shape index (κ1) is 15.6. The van der Waals surface area contributed by atoms with Crippen LogP contribution in [0.5, 0.6) is 0 Å². The zero-order chi connectivity index (χ0) is 17.4. The zero-order valence-corrected chi connectivity index (χ0v) is 14.8. The maximum Gasteiger partial charge on any atom is 0.0709 e. The lowest BCUT2D eigenvalue weighted by Crippen LogP contribution is -2.23. The van der Waals surface area contributed by atoms with Gasteiger partial charge in [0.1, 0.15) is 0 Å². The highest BCUT2D eigenvalue weighted by atomic mass is 15.2. The van der Waals surface area contributed by atoms with E-state index in [1.54, 1.807) is 0 Å². The Kier molecular flexibility index (Phi) is 3.65. The molecule has 0 spiro atoms. The lowest BCUT2D eigenvalue weighted by molar-refractivity contribution is 0.641. The van der Waals surface area contributed by atoms with Crippen LogP contribution in [0.3, 0.4) is 0 Å². The largest absolute Gasteiger partial charge is 0.347 e. The molecule has 4 rings (SSSR count). The van der Waals surface area contributed by atoms with Gasteiger partial charge in [0.15, 0.2) is 0 Å². The Bertz CT molecular complexity index is 994. The third-order valence-corrected chi connectivity index (χ3v) is 5.04. The molecule has 3 aromatic rings. The van der Waals surface area contributed by atoms with Gasteiger partial charge in [-0.3, -0.25) is 9.98 Å². The van der Waals surface area contributed by atoms with Crippen molar-refractivity contribution in [3.05, 3.63) is 78.3 Å². The summed E-state index contributed by atoms with van der Waals surface area (Å²) < 4.78 is 0. The van der Waals surface area contributed by atoms with Crippen LogP contribution in [-0.4, -0.2) is 18.2 Å². The average Bonchev–Trinajstić information content (AvgIpc) is 2.83. The number of hydrogen-bond donors (Lipinski definition) is 0. The molecule has 25 heavy (non-hydrogen) atoms. The summed E-state index contributed by atoms with van der Waals surface area (Å²) in [5.41, 5.74) is 4.81. The predicted octanol–water partition coefficient (Wildman–Crippen LogP) is 5.25. The summed E-state index contributed by atoms with van der Waals surface area (Å²) in [6.07, 6.45) is 7.72. The van der Waals surface area contributed by atoms with E-state index in [1.807, 2.05) is 36.8 Å². The first-order valence-corrected chi connectivity index (χ1v) is 8.50. The van der Waals surface area contributed by atoms with Crippen molar-refractivity contribution in [2.75, 3.05) is 11.9 Å². The monoisotopic (exact) mass is 327 g/mol. The Morgan fingerprint density at radius 3 is 2.72 bits per heavy atom. The fraction of sp³-hybridized carbons (Fsp3) is 0.182. The van der Waals surface area contributed by atoms with Gasteiger partial charge in [-0.25, -0.2) is 0 Å². The first-order chi connectivity index (χ1) is 12.1. The molecule has 0 saturated heterocycles. The van der Waals surface area contributed by atoms with Crippen molar-refractivity contribution in [1.82, 2.24) is 4.98 Å². The molecule has 0 fully saturated rings. The fourth-order valence-electron chi connectivity index (χ4n) is 3.71. The summed E-state index contributed by atoms with van der Waals surface area (Å²) in [6.45, 7) is 4.52. The third-order valence-electron chi connectivity index (χ3n) is 5.04. The lowest BCUT2D eigenvalue weighted by Gasteiger charge is -2.23. The van der Waals surface area contributed by atoms with Gasteiger partial charge in [-0.2, -0.15) is 0 Å². The second-order valence-corrected chi connectivity index (χ2v) is 6.91. The Morgan fingerprint density at radius 1 is 1.04 bits per heavy atom. The summed E-state index contributed by atoms with van der Waals surface area (Å²) >= 11 is 0. The average molecular weight is 327 g/mol. The summed E-state index contributed by atoms with van der Waals surface area (Å²) in [7, 11) is 2.12. The molecule has 1 aliphatic heterocycles. The highest BCUT2D eigenvalue weighted by Gasteiger charge is 2.37. The molecule has 124 valence electrons. The molecule has 1 aliphatic rings. The maximum absolute atomic E-state index is 4.70. The normalized spacial score (nSPS) is 17.6. The number of rotatable bonds is 2. The molecule has 1 aromatic heterocycles. The minimum absolute atomic E-state index is 0.0277. The van der Waals surface area contributed by atoms with E-state index in [0.717, 1.165) is 16.5 Å². The fourth-order valence-corrected chi connectivity index (χ4v) is 3.71. The second-order valence-electron chi connectivity index (χ2n) is 6.91. The molecule has 0 unspecified atom stereocenters. The number of anilines is 1. The van der Waals surface area contributed by atoms with E-state index in [0.29, 0.717) is 0 Å². The second kappa shape index (κ2) is 5.85. The van der Waals surface area contributed by atoms with Crippen molar-refractivity contribution in [1.29, 1.82) is 0 Å². The van der Waals surface area contributed by atoms with Gasteiger partial charge in [0, 0.05) is 53.2 Å². The number of benzene rings is 2. The Hall–Kier alpha value is -2.94. The van der Waals surface area contributed by atoms with Crippen LogP contribution in [0.15, 0.2) is 77.7 Å². The molecule has 0 N–H and O–H groups in total. The summed E-state index contributed by atoms with van der Waals surface area (Å²) in [5.74, 6) is 0. The van der Waals surface area contributed by atoms with Crippen molar-refractivity contribution in [2.24, 2.45) is 4.99 Å². The van der Waals surface area contributed by atoms with Crippen molar-refractivity contribution >= 4 is 28.4 Å². The number of para-hydroxylation sites is 1. The SMILES string of the molecule is CN1C(=CC=Nc2cccc3cnccc23)C(C)(C)c2ccccc21. The standard InChI is InChI=1S/C22H21N3/c1-22(2)18-8-4-5-10-20(18)25(3)21(22)12-14-24-19-9-6-7-16-15-23-13-11-17(16)19/h4-15H,1-3H3. The van der Waals surface area contributed by atoms with Crippen molar-refractivity contribution < 1.29 is 0 Å². The summed E-state index contributed by atoms with van der Waals surface area (Å²) in [6, 6.07) is 16.7. The van der Waals surface area contributed by atoms with Gasteiger partial charge in [0.2, 0.25) is 0 Å². The number of allylic oxidation sites excluding steroid dienone is 2. The molecule has 2 heterocycles.